The first-order valence-corrected chi connectivity index (χ1v) is 7.66. The molecule has 1 aromatic carbocycles. The van der Waals surface area contributed by atoms with E-state index in [4.69, 9.17) is 23.2 Å². The van der Waals surface area contributed by atoms with Crippen molar-refractivity contribution in [3.05, 3.63) is 58.5 Å². The van der Waals surface area contributed by atoms with Crippen LogP contribution in [-0.2, 0) is 5.88 Å². The molecular formula is C16H15Cl2N3. The van der Waals surface area contributed by atoms with E-state index in [-0.39, 0.29) is 6.04 Å². The van der Waals surface area contributed by atoms with Gasteiger partial charge in [0.25, 0.3) is 0 Å². The molecule has 0 N–H and O–H groups in total. The molecule has 21 heavy (non-hydrogen) atoms. The number of nitrogens with zero attached hydrogens (tertiary/aromatic N) is 3. The Bertz CT molecular complexity index is 795. The van der Waals surface area contributed by atoms with Crippen LogP contribution in [0.4, 0.5) is 0 Å². The van der Waals surface area contributed by atoms with Crippen LogP contribution in [-0.4, -0.2) is 14.5 Å². The zero-order valence-electron chi connectivity index (χ0n) is 11.8. The van der Waals surface area contributed by atoms with E-state index in [1.54, 1.807) is 0 Å². The van der Waals surface area contributed by atoms with Gasteiger partial charge in [-0.05, 0) is 43.2 Å². The summed E-state index contributed by atoms with van der Waals surface area (Å²) in [7, 11) is 0. The molecule has 3 nitrogen and oxygen atoms in total. The highest BCUT2D eigenvalue weighted by Crippen LogP contribution is 2.27. The number of halogens is 2. The Hall–Kier alpha value is -1.58. The van der Waals surface area contributed by atoms with Gasteiger partial charge in [-0.2, -0.15) is 0 Å². The van der Waals surface area contributed by atoms with Crippen LogP contribution in [0, 0.1) is 6.92 Å². The molecule has 0 bridgehead atoms. The molecule has 3 rings (SSSR count). The van der Waals surface area contributed by atoms with Crippen molar-refractivity contribution in [1.29, 1.82) is 0 Å². The first-order valence-electron chi connectivity index (χ1n) is 6.75. The standard InChI is InChI=1S/C16H15Cl2N3/c1-10-6-14-16(19-9-10)21(15(8-17)20-14)11(2)12-4-3-5-13(18)7-12/h3-7,9,11H,8H2,1-2H3. The Morgan fingerprint density at radius 3 is 2.81 bits per heavy atom. The van der Waals surface area contributed by atoms with Crippen LogP contribution >= 0.6 is 23.2 Å². The SMILES string of the molecule is Cc1cnc2c(c1)nc(CCl)n2C(C)c1cccc(Cl)c1. The predicted octanol–water partition coefficient (Wildman–Crippen LogP) is 4.74. The average Bonchev–Trinajstić information content (AvgIpc) is 2.83. The minimum atomic E-state index is 0.0673. The van der Waals surface area contributed by atoms with Crippen LogP contribution in [0.3, 0.4) is 0 Å². The maximum atomic E-state index is 6.10. The molecule has 108 valence electrons. The van der Waals surface area contributed by atoms with Crippen LogP contribution in [0.5, 0.6) is 0 Å². The van der Waals surface area contributed by atoms with E-state index in [9.17, 15) is 0 Å². The topological polar surface area (TPSA) is 30.7 Å². The number of pyridine rings is 1. The molecule has 0 saturated heterocycles. The minimum Gasteiger partial charge on any atom is -0.304 e. The first kappa shape index (κ1) is 14.4. The maximum Gasteiger partial charge on any atom is 0.160 e. The second-order valence-corrected chi connectivity index (χ2v) is 5.82. The monoisotopic (exact) mass is 319 g/mol. The van der Waals surface area contributed by atoms with Gasteiger partial charge in [0.15, 0.2) is 5.65 Å². The van der Waals surface area contributed by atoms with Crippen molar-refractivity contribution in [1.82, 2.24) is 14.5 Å². The van der Waals surface area contributed by atoms with Crippen LogP contribution < -0.4 is 0 Å². The summed E-state index contributed by atoms with van der Waals surface area (Å²) in [5.74, 6) is 1.16. The van der Waals surface area contributed by atoms with Crippen LogP contribution in [0.15, 0.2) is 36.5 Å². The smallest absolute Gasteiger partial charge is 0.160 e. The van der Waals surface area contributed by atoms with Gasteiger partial charge >= 0.3 is 0 Å². The lowest BCUT2D eigenvalue weighted by atomic mass is 10.1. The summed E-state index contributed by atoms with van der Waals surface area (Å²) >= 11 is 12.2. The highest BCUT2D eigenvalue weighted by atomic mass is 35.5. The molecular weight excluding hydrogens is 305 g/mol. The van der Waals surface area contributed by atoms with E-state index >= 15 is 0 Å². The molecule has 2 heterocycles. The van der Waals surface area contributed by atoms with E-state index in [1.807, 2.05) is 37.4 Å². The fourth-order valence-corrected chi connectivity index (χ4v) is 2.93. The molecule has 0 radical (unpaired) electrons. The van der Waals surface area contributed by atoms with Gasteiger partial charge < -0.3 is 4.57 Å². The molecule has 1 unspecified atom stereocenters. The number of imidazole rings is 1. The molecule has 2 aromatic heterocycles. The molecule has 0 fully saturated rings. The number of rotatable bonds is 3. The van der Waals surface area contributed by atoms with E-state index in [1.165, 1.54) is 0 Å². The summed E-state index contributed by atoms with van der Waals surface area (Å²) in [5.41, 5.74) is 3.92. The van der Waals surface area contributed by atoms with Gasteiger partial charge in [-0.15, -0.1) is 11.6 Å². The van der Waals surface area contributed by atoms with Crippen molar-refractivity contribution in [2.24, 2.45) is 0 Å². The van der Waals surface area contributed by atoms with Crippen LogP contribution in [0.1, 0.15) is 29.9 Å². The number of alkyl halides is 1. The highest BCUT2D eigenvalue weighted by molar-refractivity contribution is 6.30. The zero-order valence-corrected chi connectivity index (χ0v) is 13.4. The highest BCUT2D eigenvalue weighted by Gasteiger charge is 2.18. The molecule has 1 atom stereocenters. The van der Waals surface area contributed by atoms with Gasteiger partial charge in [-0.25, -0.2) is 9.97 Å². The van der Waals surface area contributed by atoms with E-state index in [0.717, 1.165) is 33.1 Å². The van der Waals surface area contributed by atoms with Gasteiger partial charge in [-0.1, -0.05) is 23.7 Å². The number of hydrogen-bond donors (Lipinski definition) is 0. The summed E-state index contributed by atoms with van der Waals surface area (Å²) in [4.78, 5) is 9.12. The van der Waals surface area contributed by atoms with Crippen molar-refractivity contribution < 1.29 is 0 Å². The zero-order chi connectivity index (χ0) is 15.0. The van der Waals surface area contributed by atoms with Crippen molar-refractivity contribution in [2.45, 2.75) is 25.8 Å². The van der Waals surface area contributed by atoms with E-state index < -0.39 is 0 Å². The first-order chi connectivity index (χ1) is 10.1. The third kappa shape index (κ3) is 2.63. The molecule has 0 saturated carbocycles. The molecule has 0 aliphatic heterocycles. The van der Waals surface area contributed by atoms with Gasteiger partial charge in [0.05, 0.1) is 11.9 Å². The van der Waals surface area contributed by atoms with Crippen molar-refractivity contribution >= 4 is 34.4 Å². The molecule has 0 aliphatic carbocycles. The third-order valence-corrected chi connectivity index (χ3v) is 4.05. The second-order valence-electron chi connectivity index (χ2n) is 5.12. The quantitative estimate of drug-likeness (QED) is 0.653. The van der Waals surface area contributed by atoms with Gasteiger partial charge in [0, 0.05) is 11.2 Å². The second kappa shape index (κ2) is 5.66. The third-order valence-electron chi connectivity index (χ3n) is 3.58. The lowest BCUT2D eigenvalue weighted by molar-refractivity contribution is 0.629. The number of aryl methyl sites for hydroxylation is 1. The Morgan fingerprint density at radius 1 is 1.29 bits per heavy atom. The van der Waals surface area contributed by atoms with Crippen LogP contribution in [0.25, 0.3) is 11.2 Å². The fourth-order valence-electron chi connectivity index (χ4n) is 2.55. The van der Waals surface area contributed by atoms with Crippen molar-refractivity contribution in [3.63, 3.8) is 0 Å². The van der Waals surface area contributed by atoms with Gasteiger partial charge in [0.2, 0.25) is 0 Å². The van der Waals surface area contributed by atoms with Crippen LogP contribution in [0.2, 0.25) is 5.02 Å². The van der Waals surface area contributed by atoms with E-state index in [0.29, 0.717) is 5.88 Å². The Labute approximate surface area is 133 Å². The normalized spacial score (nSPS) is 12.8. The van der Waals surface area contributed by atoms with Crippen molar-refractivity contribution in [3.8, 4) is 0 Å². The molecule has 0 spiro atoms. The summed E-state index contributed by atoms with van der Waals surface area (Å²) in [6, 6.07) is 9.93. The Kier molecular flexibility index (Phi) is 3.87. The predicted molar refractivity (Wildman–Crippen MR) is 87.1 cm³/mol. The largest absolute Gasteiger partial charge is 0.304 e. The molecule has 0 amide bonds. The average molecular weight is 320 g/mol. The summed E-state index contributed by atoms with van der Waals surface area (Å²) in [6.45, 7) is 4.11. The Morgan fingerprint density at radius 2 is 2.10 bits per heavy atom. The molecule has 3 aromatic rings. The summed E-state index contributed by atoms with van der Waals surface area (Å²) in [5, 5.41) is 0.722. The van der Waals surface area contributed by atoms with Crippen molar-refractivity contribution in [2.75, 3.05) is 0 Å². The molecule has 0 aliphatic rings. The molecule has 5 heteroatoms. The Balaban J connectivity index is 2.18. The van der Waals surface area contributed by atoms with Gasteiger partial charge in [0.1, 0.15) is 11.3 Å². The minimum absolute atomic E-state index is 0.0673. The summed E-state index contributed by atoms with van der Waals surface area (Å²) < 4.78 is 2.08. The lowest BCUT2D eigenvalue weighted by Gasteiger charge is -2.17. The summed E-state index contributed by atoms with van der Waals surface area (Å²) in [6.07, 6.45) is 1.85. The van der Waals surface area contributed by atoms with E-state index in [2.05, 4.69) is 27.5 Å². The maximum absolute atomic E-state index is 6.10. The number of fused-ring (bicyclic) bond motifs is 1. The fraction of sp³-hybridized carbons (Fsp3) is 0.250. The number of benzene rings is 1. The number of hydrogen-bond acceptors (Lipinski definition) is 2. The van der Waals surface area contributed by atoms with Gasteiger partial charge in [-0.3, -0.25) is 0 Å². The lowest BCUT2D eigenvalue weighted by Crippen LogP contribution is -2.10. The number of aromatic nitrogens is 3.